The number of benzene rings is 5. The lowest BCUT2D eigenvalue weighted by molar-refractivity contribution is 1.33. The lowest BCUT2D eigenvalue weighted by atomic mass is 10.1. The van der Waals surface area contributed by atoms with Gasteiger partial charge in [0.2, 0.25) is 0 Å². The summed E-state index contributed by atoms with van der Waals surface area (Å²) in [5.74, 6) is 0. The van der Waals surface area contributed by atoms with Crippen molar-refractivity contribution in [2.75, 3.05) is 0 Å². The van der Waals surface area contributed by atoms with Crippen molar-refractivity contribution in [3.8, 4) is 0 Å². The molecule has 1 aromatic heterocycles. The summed E-state index contributed by atoms with van der Waals surface area (Å²) in [6.07, 6.45) is 6.67. The van der Waals surface area contributed by atoms with Gasteiger partial charge < -0.3 is 0 Å². The van der Waals surface area contributed by atoms with Gasteiger partial charge in [-0.25, -0.2) is 0 Å². The van der Waals surface area contributed by atoms with Gasteiger partial charge in [-0.3, -0.25) is 0 Å². The fraction of sp³-hybridized carbons (Fsp3) is 0.0556. The van der Waals surface area contributed by atoms with Crippen LogP contribution in [0.2, 0.25) is 0 Å². The summed E-state index contributed by atoms with van der Waals surface area (Å²) < 4.78 is 2.68. The second-order valence-electron chi connectivity index (χ2n) is 9.16. The zero-order chi connectivity index (χ0) is 26.6. The van der Waals surface area contributed by atoms with E-state index in [4.69, 9.17) is 0 Å². The Balaban J connectivity index is 1.53. The third kappa shape index (κ3) is 5.23. The van der Waals surface area contributed by atoms with Gasteiger partial charge in [-0.15, -0.1) is 11.3 Å². The number of fused-ring (bicyclic) bond motifs is 3. The van der Waals surface area contributed by atoms with E-state index in [-0.39, 0.29) is 21.8 Å². The van der Waals surface area contributed by atoms with E-state index in [0.717, 1.165) is 0 Å². The van der Waals surface area contributed by atoms with E-state index < -0.39 is 0 Å². The number of hydrogen-bond donors (Lipinski definition) is 0. The second-order valence-corrected chi connectivity index (χ2v) is 14.3. The summed E-state index contributed by atoms with van der Waals surface area (Å²) >= 11 is 1.89. The van der Waals surface area contributed by atoms with Crippen LogP contribution in [0.3, 0.4) is 0 Å². The maximum atomic E-state index is 2.45. The average Bonchev–Trinajstić information content (AvgIpc) is 3.36. The summed E-state index contributed by atoms with van der Waals surface area (Å²) in [6.45, 7) is 4.25. The minimum Gasteiger partial charge on any atom is -0.135 e. The predicted molar refractivity (Wildman–Crippen MR) is 173 cm³/mol. The standard InChI is InChI=1S/C36H30S3/c1-3-14-27(4-2)38(28-15-8-5-9-16-28)31-21-23-35-33(25-31)34-26-32(22-24-36(34)37-35)39(29-17-10-6-11-18-29)30-19-12-7-13-20-30/h3-26H,1-2H3/q+2/b14-3-,27-4+. The molecule has 6 rings (SSSR count). The Labute approximate surface area is 241 Å². The maximum Gasteiger partial charge on any atom is 0.167 e. The highest BCUT2D eigenvalue weighted by Crippen LogP contribution is 2.41. The molecular weight excluding hydrogens is 529 g/mol. The van der Waals surface area contributed by atoms with Crippen LogP contribution in [0.25, 0.3) is 20.2 Å². The van der Waals surface area contributed by atoms with E-state index >= 15 is 0 Å². The Morgan fingerprint density at radius 3 is 1.54 bits per heavy atom. The van der Waals surface area contributed by atoms with Crippen molar-refractivity contribution >= 4 is 53.3 Å². The van der Waals surface area contributed by atoms with Crippen molar-refractivity contribution in [2.45, 2.75) is 38.3 Å². The van der Waals surface area contributed by atoms with Crippen molar-refractivity contribution in [3.05, 3.63) is 151 Å². The van der Waals surface area contributed by atoms with E-state index in [9.17, 15) is 0 Å². The molecule has 3 heteroatoms. The molecule has 1 heterocycles. The van der Waals surface area contributed by atoms with Crippen molar-refractivity contribution in [1.29, 1.82) is 0 Å². The Bertz CT molecular complexity index is 1720. The highest BCUT2D eigenvalue weighted by atomic mass is 32.2. The van der Waals surface area contributed by atoms with E-state index in [1.807, 2.05) is 11.3 Å². The van der Waals surface area contributed by atoms with Crippen LogP contribution in [0.4, 0.5) is 0 Å². The van der Waals surface area contributed by atoms with Crippen molar-refractivity contribution in [3.63, 3.8) is 0 Å². The average molecular weight is 559 g/mol. The van der Waals surface area contributed by atoms with Gasteiger partial charge >= 0.3 is 0 Å². The van der Waals surface area contributed by atoms with Gasteiger partial charge in [-0.2, -0.15) is 0 Å². The van der Waals surface area contributed by atoms with E-state index in [1.165, 1.54) is 49.6 Å². The Hall–Kier alpha value is -3.50. The molecule has 0 nitrogen and oxygen atoms in total. The van der Waals surface area contributed by atoms with E-state index in [1.54, 1.807) is 0 Å². The molecule has 5 aromatic carbocycles. The van der Waals surface area contributed by atoms with Gasteiger partial charge in [0.25, 0.3) is 0 Å². The third-order valence-electron chi connectivity index (χ3n) is 6.67. The molecule has 0 radical (unpaired) electrons. The zero-order valence-electron chi connectivity index (χ0n) is 22.1. The largest absolute Gasteiger partial charge is 0.167 e. The first-order valence-electron chi connectivity index (χ1n) is 13.2. The lowest BCUT2D eigenvalue weighted by Gasteiger charge is -2.09. The molecule has 0 saturated carbocycles. The van der Waals surface area contributed by atoms with Gasteiger partial charge in [-0.1, -0.05) is 60.7 Å². The van der Waals surface area contributed by atoms with Crippen LogP contribution in [-0.2, 0) is 21.8 Å². The molecule has 1 unspecified atom stereocenters. The lowest BCUT2D eigenvalue weighted by Crippen LogP contribution is -2.05. The minimum absolute atomic E-state index is 0.165. The Kier molecular flexibility index (Phi) is 7.74. The third-order valence-corrected chi connectivity index (χ3v) is 12.3. The molecule has 6 aromatic rings. The van der Waals surface area contributed by atoms with Crippen LogP contribution >= 0.6 is 11.3 Å². The number of allylic oxidation sites excluding steroid dienone is 3. The number of hydrogen-bond acceptors (Lipinski definition) is 1. The number of rotatable bonds is 7. The molecule has 1 atom stereocenters. The van der Waals surface area contributed by atoms with Crippen LogP contribution in [0.5, 0.6) is 0 Å². The highest BCUT2D eigenvalue weighted by molar-refractivity contribution is 8.00. The maximum absolute atomic E-state index is 2.45. The van der Waals surface area contributed by atoms with Crippen LogP contribution in [-0.4, -0.2) is 0 Å². The normalized spacial score (nSPS) is 13.1. The molecular formula is C36H30S3+2. The smallest absolute Gasteiger partial charge is 0.135 e. The highest BCUT2D eigenvalue weighted by Gasteiger charge is 2.31. The summed E-state index contributed by atoms with van der Waals surface area (Å²) in [4.78, 5) is 8.09. The predicted octanol–water partition coefficient (Wildman–Crippen LogP) is 10.7. The molecule has 0 N–H and O–H groups in total. The SMILES string of the molecule is C/C=C\C(=C/C)[S+](c1ccccc1)c1ccc2sc3ccc([S+](c4ccccc4)c4ccccc4)cc3c2c1. The first-order valence-corrected chi connectivity index (χ1v) is 16.4. The van der Waals surface area contributed by atoms with Crippen molar-refractivity contribution < 1.29 is 0 Å². The summed E-state index contributed by atoms with van der Waals surface area (Å²) in [7, 11) is -0.330. The van der Waals surface area contributed by atoms with Crippen LogP contribution in [0.1, 0.15) is 13.8 Å². The topological polar surface area (TPSA) is 0 Å². The van der Waals surface area contributed by atoms with Crippen LogP contribution in [0.15, 0.2) is 175 Å². The molecule has 0 aliphatic carbocycles. The summed E-state index contributed by atoms with van der Waals surface area (Å²) in [5.41, 5.74) is 0. The Morgan fingerprint density at radius 2 is 1.03 bits per heavy atom. The van der Waals surface area contributed by atoms with E-state index in [2.05, 4.69) is 159 Å². The molecule has 0 aliphatic heterocycles. The fourth-order valence-electron chi connectivity index (χ4n) is 4.92. The molecule has 0 spiro atoms. The zero-order valence-corrected chi connectivity index (χ0v) is 24.5. The molecule has 190 valence electrons. The second kappa shape index (κ2) is 11.7. The molecule has 0 aliphatic rings. The summed E-state index contributed by atoms with van der Waals surface area (Å²) in [6, 6.07) is 47.0. The van der Waals surface area contributed by atoms with Gasteiger partial charge in [0, 0.05) is 32.3 Å². The van der Waals surface area contributed by atoms with Gasteiger partial charge in [0.15, 0.2) is 29.4 Å². The van der Waals surface area contributed by atoms with Crippen molar-refractivity contribution in [1.82, 2.24) is 0 Å². The van der Waals surface area contributed by atoms with Gasteiger partial charge in [0.1, 0.15) is 0 Å². The van der Waals surface area contributed by atoms with Gasteiger partial charge in [-0.05, 0) is 86.7 Å². The molecule has 0 fully saturated rings. The monoisotopic (exact) mass is 558 g/mol. The Morgan fingerprint density at radius 1 is 0.538 bits per heavy atom. The molecule has 0 bridgehead atoms. The minimum atomic E-state index is -0.165. The first-order chi connectivity index (χ1) is 19.3. The summed E-state index contributed by atoms with van der Waals surface area (Å²) in [5, 5.41) is 2.70. The van der Waals surface area contributed by atoms with Crippen LogP contribution in [0, 0.1) is 0 Å². The molecule has 0 amide bonds. The fourth-order valence-corrected chi connectivity index (χ4v) is 10.3. The van der Waals surface area contributed by atoms with E-state index in [0.29, 0.717) is 0 Å². The first kappa shape index (κ1) is 25.8. The van der Waals surface area contributed by atoms with Crippen molar-refractivity contribution in [2.24, 2.45) is 0 Å². The molecule has 0 saturated heterocycles. The molecule has 39 heavy (non-hydrogen) atoms. The number of thiophene rings is 1. The van der Waals surface area contributed by atoms with Crippen LogP contribution < -0.4 is 0 Å². The van der Waals surface area contributed by atoms with Gasteiger partial charge in [0.05, 0.1) is 21.8 Å². The quantitative estimate of drug-likeness (QED) is 0.135.